The number of nitrogens with zero attached hydrogens (tertiary/aromatic N) is 3. The SMILES string of the molecule is COc1cc(-c2c(C#N)c(N)nc3sc(C(=O)Nc4ncccc4C)c(N)c23)cc(OC)c1OC. The van der Waals surface area contributed by atoms with Crippen LogP contribution < -0.4 is 31.0 Å². The monoisotopic (exact) mass is 490 g/mol. The zero-order valence-corrected chi connectivity index (χ0v) is 20.2. The van der Waals surface area contributed by atoms with E-state index in [1.165, 1.54) is 21.3 Å². The molecular formula is C24H22N6O4S. The number of hydrogen-bond donors (Lipinski definition) is 3. The molecule has 11 heteroatoms. The van der Waals surface area contributed by atoms with Crippen LogP contribution in [0.4, 0.5) is 17.3 Å². The summed E-state index contributed by atoms with van der Waals surface area (Å²) in [6.45, 7) is 1.83. The molecule has 4 aromatic rings. The number of nitrogens with two attached hydrogens (primary N) is 2. The van der Waals surface area contributed by atoms with Gasteiger partial charge in [-0.1, -0.05) is 6.07 Å². The van der Waals surface area contributed by atoms with E-state index in [4.69, 9.17) is 25.7 Å². The van der Waals surface area contributed by atoms with Crippen LogP contribution in [0, 0.1) is 18.3 Å². The Bertz CT molecular complexity index is 1480. The summed E-state index contributed by atoms with van der Waals surface area (Å²) in [5.74, 6) is 1.14. The molecule has 0 aliphatic carbocycles. The van der Waals surface area contributed by atoms with Crippen LogP contribution in [-0.4, -0.2) is 37.2 Å². The van der Waals surface area contributed by atoms with Gasteiger partial charge in [0.25, 0.3) is 5.91 Å². The lowest BCUT2D eigenvalue weighted by atomic mass is 9.96. The first kappa shape index (κ1) is 23.6. The number of rotatable bonds is 6. The number of nitrogen functional groups attached to an aromatic ring is 2. The molecule has 0 aliphatic rings. The molecule has 0 saturated heterocycles. The molecular weight excluding hydrogens is 468 g/mol. The van der Waals surface area contributed by atoms with Crippen LogP contribution in [0.3, 0.4) is 0 Å². The number of hydrogen-bond acceptors (Lipinski definition) is 10. The number of aryl methyl sites for hydroxylation is 1. The fourth-order valence-corrected chi connectivity index (χ4v) is 4.75. The maximum Gasteiger partial charge on any atom is 0.269 e. The minimum Gasteiger partial charge on any atom is -0.493 e. The second-order valence-corrected chi connectivity index (χ2v) is 8.42. The summed E-state index contributed by atoms with van der Waals surface area (Å²) >= 11 is 1.07. The second-order valence-electron chi connectivity index (χ2n) is 7.42. The first-order valence-electron chi connectivity index (χ1n) is 10.3. The number of amides is 1. The molecule has 0 spiro atoms. The smallest absolute Gasteiger partial charge is 0.269 e. The lowest BCUT2D eigenvalue weighted by Gasteiger charge is -2.16. The fourth-order valence-electron chi connectivity index (χ4n) is 3.75. The van der Waals surface area contributed by atoms with Crippen LogP contribution in [0.25, 0.3) is 21.3 Å². The molecule has 5 N–H and O–H groups in total. The summed E-state index contributed by atoms with van der Waals surface area (Å²) in [5.41, 5.74) is 14.7. The highest BCUT2D eigenvalue weighted by Gasteiger charge is 2.26. The molecule has 0 saturated carbocycles. The molecule has 3 aromatic heterocycles. The lowest BCUT2D eigenvalue weighted by Crippen LogP contribution is -2.13. The van der Waals surface area contributed by atoms with Crippen molar-refractivity contribution in [2.24, 2.45) is 0 Å². The normalized spacial score (nSPS) is 10.6. The third-order valence-corrected chi connectivity index (χ3v) is 6.52. The maximum absolute atomic E-state index is 13.1. The Kier molecular flexibility index (Phi) is 6.31. The molecule has 0 aliphatic heterocycles. The molecule has 10 nitrogen and oxygen atoms in total. The Hall–Kier alpha value is -4.56. The van der Waals surface area contributed by atoms with E-state index in [0.29, 0.717) is 44.4 Å². The molecule has 0 fully saturated rings. The van der Waals surface area contributed by atoms with Gasteiger partial charge in [0.1, 0.15) is 33.0 Å². The van der Waals surface area contributed by atoms with Gasteiger partial charge in [0.05, 0.1) is 27.0 Å². The molecule has 0 atom stereocenters. The van der Waals surface area contributed by atoms with Gasteiger partial charge in [-0.05, 0) is 36.2 Å². The van der Waals surface area contributed by atoms with Gasteiger partial charge in [-0.2, -0.15) is 5.26 Å². The topological polar surface area (TPSA) is 158 Å². The number of nitrogens with one attached hydrogen (secondary N) is 1. The minimum atomic E-state index is -0.444. The number of carbonyl (C=O) groups is 1. The average molecular weight is 491 g/mol. The van der Waals surface area contributed by atoms with Gasteiger partial charge in [-0.3, -0.25) is 4.79 Å². The largest absolute Gasteiger partial charge is 0.493 e. The molecule has 3 heterocycles. The van der Waals surface area contributed by atoms with Crippen molar-refractivity contribution >= 4 is 44.8 Å². The summed E-state index contributed by atoms with van der Waals surface area (Å²) < 4.78 is 16.4. The first-order valence-corrected chi connectivity index (χ1v) is 11.1. The Balaban J connectivity index is 1.97. The van der Waals surface area contributed by atoms with Crippen LogP contribution in [0.2, 0.25) is 0 Å². The van der Waals surface area contributed by atoms with E-state index in [2.05, 4.69) is 21.4 Å². The van der Waals surface area contributed by atoms with Crippen molar-refractivity contribution in [3.8, 4) is 34.4 Å². The van der Waals surface area contributed by atoms with E-state index >= 15 is 0 Å². The van der Waals surface area contributed by atoms with Crippen LogP contribution >= 0.6 is 11.3 Å². The van der Waals surface area contributed by atoms with Crippen LogP contribution in [0.5, 0.6) is 17.2 Å². The second kappa shape index (κ2) is 9.36. The third kappa shape index (κ3) is 4.00. The van der Waals surface area contributed by atoms with Gasteiger partial charge in [-0.25, -0.2) is 9.97 Å². The predicted molar refractivity (Wildman–Crippen MR) is 135 cm³/mol. The van der Waals surface area contributed by atoms with Gasteiger partial charge in [0, 0.05) is 17.1 Å². The molecule has 35 heavy (non-hydrogen) atoms. The molecule has 1 aromatic carbocycles. The maximum atomic E-state index is 13.1. The van der Waals surface area contributed by atoms with E-state index in [-0.39, 0.29) is 21.9 Å². The van der Waals surface area contributed by atoms with E-state index < -0.39 is 5.91 Å². The van der Waals surface area contributed by atoms with Gasteiger partial charge in [0.2, 0.25) is 5.75 Å². The van der Waals surface area contributed by atoms with Crippen molar-refractivity contribution in [2.75, 3.05) is 38.1 Å². The fraction of sp³-hybridized carbons (Fsp3) is 0.167. The summed E-state index contributed by atoms with van der Waals surface area (Å²) in [6, 6.07) is 9.09. The minimum absolute atomic E-state index is 0.0116. The number of thiophene rings is 1. The van der Waals surface area contributed by atoms with Crippen LogP contribution in [0.15, 0.2) is 30.5 Å². The quantitative estimate of drug-likeness (QED) is 0.363. The number of methoxy groups -OCH3 is 3. The average Bonchev–Trinajstić information content (AvgIpc) is 3.19. The van der Waals surface area contributed by atoms with Crippen molar-refractivity contribution in [1.82, 2.24) is 9.97 Å². The highest BCUT2D eigenvalue weighted by atomic mass is 32.1. The van der Waals surface area contributed by atoms with Crippen LogP contribution in [0.1, 0.15) is 20.8 Å². The van der Waals surface area contributed by atoms with Crippen molar-refractivity contribution in [1.29, 1.82) is 5.26 Å². The third-order valence-electron chi connectivity index (χ3n) is 5.42. The first-order chi connectivity index (χ1) is 16.8. The number of carbonyl (C=O) groups excluding carboxylic acids is 1. The Morgan fingerprint density at radius 3 is 2.40 bits per heavy atom. The van der Waals surface area contributed by atoms with E-state index in [1.807, 2.05) is 13.0 Å². The summed E-state index contributed by atoms with van der Waals surface area (Å²) in [4.78, 5) is 22.3. The van der Waals surface area contributed by atoms with E-state index in [9.17, 15) is 10.1 Å². The number of benzene rings is 1. The molecule has 4 rings (SSSR count). The number of fused-ring (bicyclic) bond motifs is 1. The van der Waals surface area contributed by atoms with Crippen molar-refractivity contribution < 1.29 is 19.0 Å². The molecule has 0 bridgehead atoms. The van der Waals surface area contributed by atoms with Gasteiger partial charge < -0.3 is 31.0 Å². The number of nitriles is 1. The van der Waals surface area contributed by atoms with E-state index in [1.54, 1.807) is 24.4 Å². The number of anilines is 3. The molecule has 178 valence electrons. The summed E-state index contributed by atoms with van der Waals surface area (Å²) in [5, 5.41) is 13.1. The van der Waals surface area contributed by atoms with Gasteiger partial charge in [-0.15, -0.1) is 11.3 Å². The molecule has 1 amide bonds. The number of ether oxygens (including phenoxy) is 3. The molecule has 0 radical (unpaired) electrons. The number of pyridine rings is 2. The molecule has 0 unspecified atom stereocenters. The number of aromatic nitrogens is 2. The van der Waals surface area contributed by atoms with E-state index in [0.717, 1.165) is 16.9 Å². The highest BCUT2D eigenvalue weighted by molar-refractivity contribution is 7.21. The zero-order valence-electron chi connectivity index (χ0n) is 19.4. The zero-order chi connectivity index (χ0) is 25.3. The summed E-state index contributed by atoms with van der Waals surface area (Å²) in [7, 11) is 4.47. The van der Waals surface area contributed by atoms with Crippen molar-refractivity contribution in [2.45, 2.75) is 6.92 Å². The van der Waals surface area contributed by atoms with Crippen LogP contribution in [-0.2, 0) is 0 Å². The predicted octanol–water partition coefficient (Wildman–Crippen LogP) is 3.98. The van der Waals surface area contributed by atoms with Gasteiger partial charge in [0.15, 0.2) is 11.5 Å². The lowest BCUT2D eigenvalue weighted by molar-refractivity contribution is 0.103. The Morgan fingerprint density at radius 2 is 1.83 bits per heavy atom. The Morgan fingerprint density at radius 1 is 1.14 bits per heavy atom. The van der Waals surface area contributed by atoms with Crippen molar-refractivity contribution in [3.63, 3.8) is 0 Å². The van der Waals surface area contributed by atoms with Crippen molar-refractivity contribution in [3.05, 3.63) is 46.5 Å². The Labute approximate surface area is 205 Å². The van der Waals surface area contributed by atoms with Gasteiger partial charge >= 0.3 is 0 Å². The highest BCUT2D eigenvalue weighted by Crippen LogP contribution is 2.47. The summed E-state index contributed by atoms with van der Waals surface area (Å²) in [6.07, 6.45) is 1.58. The standard InChI is InChI=1S/C24H22N6O4S/c1-11-6-5-7-28-22(11)30-23(31)20-18(26)17-16(13(10-25)21(27)29-24(17)35-20)12-8-14(32-2)19(34-4)15(9-12)33-3/h5-9H,26H2,1-4H3,(H2,27,29)(H,28,30,31).